The molecule has 0 saturated carbocycles. The number of hydrogen-bond donors (Lipinski definition) is 1. The number of imide groups is 2. The van der Waals surface area contributed by atoms with Crippen LogP contribution in [0, 0.1) is 0 Å². The minimum atomic E-state index is -0.984. The van der Waals surface area contributed by atoms with Crippen molar-refractivity contribution in [3.05, 3.63) is 59.9 Å². The summed E-state index contributed by atoms with van der Waals surface area (Å²) in [4.78, 5) is 53.2. The molecule has 1 saturated heterocycles. The Balaban J connectivity index is 1.82. The number of H-pyrrole nitrogens is 1. The van der Waals surface area contributed by atoms with Gasteiger partial charge in [0.15, 0.2) is 5.78 Å². The van der Waals surface area contributed by atoms with Gasteiger partial charge in [0.2, 0.25) is 0 Å². The molecule has 0 unspecified atom stereocenters. The molecule has 1 fully saturated rings. The van der Waals surface area contributed by atoms with Crippen LogP contribution in [0.5, 0.6) is 0 Å². The fourth-order valence-corrected chi connectivity index (χ4v) is 2.62. The van der Waals surface area contributed by atoms with Gasteiger partial charge in [-0.15, -0.1) is 0 Å². The second-order valence-electron chi connectivity index (χ2n) is 5.44. The number of nitrogens with zero attached hydrogens (tertiary/aromatic N) is 2. The number of aromatic amines is 1. The van der Waals surface area contributed by atoms with E-state index in [1.54, 1.807) is 49.5 Å². The van der Waals surface area contributed by atoms with Crippen molar-refractivity contribution in [3.8, 4) is 0 Å². The monoisotopic (exact) mass is 325 g/mol. The summed E-state index contributed by atoms with van der Waals surface area (Å²) in [6.45, 7) is 1.19. The van der Waals surface area contributed by atoms with Crippen molar-refractivity contribution in [2.75, 3.05) is 6.54 Å². The topological polar surface area (TPSA) is 90.6 Å². The zero-order chi connectivity index (χ0) is 17.3. The highest BCUT2D eigenvalue weighted by Gasteiger charge is 2.47. The average Bonchev–Trinajstić information content (AvgIpc) is 3.19. The van der Waals surface area contributed by atoms with Crippen molar-refractivity contribution in [3.63, 3.8) is 0 Å². The Morgan fingerprint density at radius 3 is 2.38 bits per heavy atom. The standard InChI is InChI=1S/C17H15N3O4/c1-11(12-6-3-2-4-7-12)20-16(23)15(22)19(17(20)24)10-14(21)13-8-5-9-18-13/h2-9,11,18H,10H2,1H3/t11-/m1/s1. The number of hydrogen-bond acceptors (Lipinski definition) is 4. The first-order valence-corrected chi connectivity index (χ1v) is 7.41. The zero-order valence-electron chi connectivity index (χ0n) is 12.9. The summed E-state index contributed by atoms with van der Waals surface area (Å²) < 4.78 is 0. The van der Waals surface area contributed by atoms with Crippen molar-refractivity contribution in [1.82, 2.24) is 14.8 Å². The van der Waals surface area contributed by atoms with E-state index in [0.717, 1.165) is 10.5 Å². The Kier molecular flexibility index (Phi) is 3.99. The van der Waals surface area contributed by atoms with E-state index in [1.165, 1.54) is 0 Å². The molecule has 2 aromatic rings. The van der Waals surface area contributed by atoms with Crippen LogP contribution in [0.3, 0.4) is 0 Å². The lowest BCUT2D eigenvalue weighted by Crippen LogP contribution is -2.37. The normalized spacial score (nSPS) is 16.0. The molecule has 122 valence electrons. The quantitative estimate of drug-likeness (QED) is 0.515. The summed E-state index contributed by atoms with van der Waals surface area (Å²) in [6, 6.07) is 10.7. The Morgan fingerprint density at radius 2 is 1.75 bits per heavy atom. The first-order chi connectivity index (χ1) is 11.5. The molecule has 3 rings (SSSR count). The number of nitrogens with one attached hydrogen (secondary N) is 1. The molecule has 0 radical (unpaired) electrons. The molecule has 1 N–H and O–H groups in total. The van der Waals surface area contributed by atoms with Crippen LogP contribution >= 0.6 is 0 Å². The summed E-state index contributed by atoms with van der Waals surface area (Å²) in [5.74, 6) is -2.35. The molecule has 2 heterocycles. The van der Waals surface area contributed by atoms with E-state index in [0.29, 0.717) is 4.90 Å². The van der Waals surface area contributed by atoms with Crippen LogP contribution in [0.2, 0.25) is 0 Å². The van der Waals surface area contributed by atoms with Gasteiger partial charge in [0, 0.05) is 6.20 Å². The SMILES string of the molecule is C[C@H](c1ccccc1)N1C(=O)C(=O)N(CC(=O)c2ccc[nH]2)C1=O. The summed E-state index contributed by atoms with van der Waals surface area (Å²) in [6.07, 6.45) is 1.57. The largest absolute Gasteiger partial charge is 0.359 e. The number of rotatable bonds is 5. The second-order valence-corrected chi connectivity index (χ2v) is 5.44. The lowest BCUT2D eigenvalue weighted by molar-refractivity contribution is -0.143. The fraction of sp³-hybridized carbons (Fsp3) is 0.176. The van der Waals surface area contributed by atoms with Gasteiger partial charge >= 0.3 is 17.8 Å². The Hall–Kier alpha value is -3.22. The summed E-state index contributed by atoms with van der Waals surface area (Å²) in [5.41, 5.74) is 1.00. The van der Waals surface area contributed by atoms with Gasteiger partial charge in [-0.1, -0.05) is 30.3 Å². The number of Topliss-reactive ketones (excluding diaryl/α,β-unsaturated/α-hetero) is 1. The highest BCUT2D eigenvalue weighted by molar-refractivity contribution is 6.45. The molecule has 4 amide bonds. The fourth-order valence-electron chi connectivity index (χ4n) is 2.62. The average molecular weight is 325 g/mol. The van der Waals surface area contributed by atoms with E-state index < -0.39 is 36.2 Å². The lowest BCUT2D eigenvalue weighted by Gasteiger charge is -2.22. The number of ketones is 1. The first-order valence-electron chi connectivity index (χ1n) is 7.41. The molecule has 0 spiro atoms. The molecule has 7 heteroatoms. The molecular formula is C17H15N3O4. The molecule has 1 aliphatic rings. The van der Waals surface area contributed by atoms with Crippen LogP contribution in [0.25, 0.3) is 0 Å². The molecule has 0 bridgehead atoms. The molecule has 1 aromatic carbocycles. The number of urea groups is 1. The minimum Gasteiger partial charge on any atom is -0.359 e. The van der Waals surface area contributed by atoms with E-state index in [4.69, 9.17) is 0 Å². The molecule has 0 aliphatic carbocycles. The molecule has 1 atom stereocenters. The number of carbonyl (C=O) groups excluding carboxylic acids is 4. The molecule has 7 nitrogen and oxygen atoms in total. The van der Waals surface area contributed by atoms with Crippen molar-refractivity contribution in [1.29, 1.82) is 0 Å². The maximum absolute atomic E-state index is 12.5. The maximum atomic E-state index is 12.5. The number of amides is 4. The van der Waals surface area contributed by atoms with Gasteiger partial charge in [0.25, 0.3) is 0 Å². The van der Waals surface area contributed by atoms with E-state index >= 15 is 0 Å². The summed E-state index contributed by atoms with van der Waals surface area (Å²) in [5, 5.41) is 0. The van der Waals surface area contributed by atoms with Crippen molar-refractivity contribution < 1.29 is 19.2 Å². The van der Waals surface area contributed by atoms with E-state index in [9.17, 15) is 19.2 Å². The van der Waals surface area contributed by atoms with Crippen LogP contribution in [-0.2, 0) is 9.59 Å². The van der Waals surface area contributed by atoms with Crippen molar-refractivity contribution in [2.24, 2.45) is 0 Å². The third kappa shape index (κ3) is 2.60. The predicted molar refractivity (Wildman–Crippen MR) is 83.9 cm³/mol. The Morgan fingerprint density at radius 1 is 1.04 bits per heavy atom. The molecule has 24 heavy (non-hydrogen) atoms. The third-order valence-electron chi connectivity index (χ3n) is 3.95. The van der Waals surface area contributed by atoms with Crippen LogP contribution in [0.1, 0.15) is 29.0 Å². The highest BCUT2D eigenvalue weighted by atomic mass is 16.2. The van der Waals surface area contributed by atoms with Crippen LogP contribution in [0.15, 0.2) is 48.7 Å². The molecule has 1 aliphatic heterocycles. The second kappa shape index (κ2) is 6.11. The molecule has 1 aromatic heterocycles. The smallest absolute Gasteiger partial charge is 0.335 e. The Labute approximate surface area is 137 Å². The van der Waals surface area contributed by atoms with Gasteiger partial charge < -0.3 is 4.98 Å². The van der Waals surface area contributed by atoms with Crippen molar-refractivity contribution >= 4 is 23.6 Å². The highest BCUT2D eigenvalue weighted by Crippen LogP contribution is 2.26. The van der Waals surface area contributed by atoms with Crippen LogP contribution < -0.4 is 0 Å². The van der Waals surface area contributed by atoms with Gasteiger partial charge in [-0.2, -0.15) is 0 Å². The minimum absolute atomic E-state index is 0.276. The number of carbonyl (C=O) groups is 4. The van der Waals surface area contributed by atoms with Gasteiger partial charge in [-0.25, -0.2) is 14.6 Å². The van der Waals surface area contributed by atoms with E-state index in [2.05, 4.69) is 4.98 Å². The van der Waals surface area contributed by atoms with Crippen LogP contribution in [-0.4, -0.2) is 45.0 Å². The summed E-state index contributed by atoms with van der Waals surface area (Å²) in [7, 11) is 0. The Bertz CT molecular complexity index is 799. The lowest BCUT2D eigenvalue weighted by atomic mass is 10.1. The van der Waals surface area contributed by atoms with Gasteiger partial charge in [-0.05, 0) is 24.6 Å². The maximum Gasteiger partial charge on any atom is 0.335 e. The molecular weight excluding hydrogens is 310 g/mol. The van der Waals surface area contributed by atoms with E-state index in [-0.39, 0.29) is 5.69 Å². The van der Waals surface area contributed by atoms with E-state index in [1.807, 2.05) is 6.07 Å². The number of aromatic nitrogens is 1. The van der Waals surface area contributed by atoms with Gasteiger partial charge in [0.1, 0.15) is 0 Å². The van der Waals surface area contributed by atoms with Gasteiger partial charge in [-0.3, -0.25) is 14.4 Å². The van der Waals surface area contributed by atoms with Gasteiger partial charge in [0.05, 0.1) is 18.3 Å². The first kappa shape index (κ1) is 15.7. The van der Waals surface area contributed by atoms with Crippen molar-refractivity contribution in [2.45, 2.75) is 13.0 Å². The van der Waals surface area contributed by atoms with Crippen LogP contribution in [0.4, 0.5) is 4.79 Å². The predicted octanol–water partition coefficient (Wildman–Crippen LogP) is 1.75. The third-order valence-corrected chi connectivity index (χ3v) is 3.95. The zero-order valence-corrected chi connectivity index (χ0v) is 12.9. The summed E-state index contributed by atoms with van der Waals surface area (Å²) >= 11 is 0. The number of benzene rings is 1.